The fourth-order valence-corrected chi connectivity index (χ4v) is 1.71. The minimum atomic E-state index is -0.487. The van der Waals surface area contributed by atoms with Gasteiger partial charge in [-0.3, -0.25) is 25.2 Å². The normalized spacial score (nSPS) is 11.0. The van der Waals surface area contributed by atoms with Crippen LogP contribution < -0.4 is 5.32 Å². The Morgan fingerprint density at radius 3 is 2.30 bits per heavy atom. The number of allylic oxidation sites excluding steroid dienone is 1. The minimum Gasteiger partial charge on any atom is -0.361 e. The van der Waals surface area contributed by atoms with Crippen LogP contribution >= 0.6 is 0 Å². The quantitative estimate of drug-likeness (QED) is 0.495. The Morgan fingerprint density at radius 1 is 0.957 bits per heavy atom. The van der Waals surface area contributed by atoms with Crippen molar-refractivity contribution in [1.29, 1.82) is 0 Å². The molecule has 0 radical (unpaired) electrons. The molecule has 2 aromatic rings. The third kappa shape index (κ3) is 4.74. The van der Waals surface area contributed by atoms with Crippen LogP contribution in [0.15, 0.2) is 65.8 Å². The zero-order valence-corrected chi connectivity index (χ0v) is 11.8. The Bertz CT molecular complexity index is 787. The first-order valence-corrected chi connectivity index (χ1v) is 6.51. The summed E-state index contributed by atoms with van der Waals surface area (Å²) in [5.74, 6) is 0. The summed E-state index contributed by atoms with van der Waals surface area (Å²) >= 11 is 0. The fourth-order valence-electron chi connectivity index (χ4n) is 1.71. The maximum atomic E-state index is 10.7. The van der Waals surface area contributed by atoms with Gasteiger partial charge < -0.3 is 5.32 Å². The van der Waals surface area contributed by atoms with Gasteiger partial charge in [0.05, 0.1) is 15.5 Å². The third-order valence-corrected chi connectivity index (χ3v) is 2.75. The maximum Gasteiger partial charge on any atom is 0.271 e. The summed E-state index contributed by atoms with van der Waals surface area (Å²) < 4.78 is 0. The molecule has 2 aromatic carbocycles. The summed E-state index contributed by atoms with van der Waals surface area (Å²) in [4.78, 5) is 24.4. The first-order chi connectivity index (χ1) is 11.1. The molecule has 0 aliphatic rings. The summed E-state index contributed by atoms with van der Waals surface area (Å²) in [7, 11) is 0. The van der Waals surface area contributed by atoms with Crippen molar-refractivity contribution < 1.29 is 9.85 Å². The molecule has 0 saturated heterocycles. The van der Waals surface area contributed by atoms with Gasteiger partial charge in [-0.25, -0.2) is 0 Å². The number of hydrogen-bond acceptors (Lipinski definition) is 6. The molecular weight excluding hydrogens is 300 g/mol. The van der Waals surface area contributed by atoms with Crippen LogP contribution in [-0.4, -0.2) is 16.1 Å². The molecule has 0 bridgehead atoms. The van der Waals surface area contributed by atoms with E-state index in [1.165, 1.54) is 30.5 Å². The van der Waals surface area contributed by atoms with E-state index >= 15 is 0 Å². The monoisotopic (exact) mass is 312 g/mol. The molecule has 0 aliphatic heterocycles. The average molecular weight is 312 g/mol. The highest BCUT2D eigenvalue weighted by atomic mass is 16.6. The lowest BCUT2D eigenvalue weighted by molar-refractivity contribution is -0.385. The number of nitro benzene ring substituents is 2. The summed E-state index contributed by atoms with van der Waals surface area (Å²) in [5, 5.41) is 24.2. The topological polar surface area (TPSA) is 111 Å². The van der Waals surface area contributed by atoms with Crippen molar-refractivity contribution in [1.82, 2.24) is 0 Å². The van der Waals surface area contributed by atoms with E-state index in [1.807, 2.05) is 0 Å². The van der Waals surface area contributed by atoms with Gasteiger partial charge in [-0.05, 0) is 18.2 Å². The Morgan fingerprint density at radius 2 is 1.61 bits per heavy atom. The van der Waals surface area contributed by atoms with Gasteiger partial charge in [0, 0.05) is 42.4 Å². The van der Waals surface area contributed by atoms with E-state index in [1.54, 1.807) is 36.5 Å². The molecule has 116 valence electrons. The minimum absolute atomic E-state index is 0.00587. The number of aliphatic imine (C=N–C) groups is 1. The average Bonchev–Trinajstić information content (AvgIpc) is 2.55. The summed E-state index contributed by atoms with van der Waals surface area (Å²) in [6, 6.07) is 12.0. The highest BCUT2D eigenvalue weighted by Crippen LogP contribution is 2.19. The summed E-state index contributed by atoms with van der Waals surface area (Å²) in [5.41, 5.74) is 0.991. The molecule has 0 aliphatic carbocycles. The molecule has 0 unspecified atom stereocenters. The van der Waals surface area contributed by atoms with Crippen molar-refractivity contribution in [3.8, 4) is 0 Å². The fraction of sp³-hybridized carbons (Fsp3) is 0. The van der Waals surface area contributed by atoms with E-state index in [2.05, 4.69) is 10.3 Å². The summed E-state index contributed by atoms with van der Waals surface area (Å²) in [6.07, 6.45) is 4.60. The van der Waals surface area contributed by atoms with Gasteiger partial charge >= 0.3 is 0 Å². The molecule has 0 fully saturated rings. The number of rotatable bonds is 6. The van der Waals surface area contributed by atoms with Crippen LogP contribution in [0.4, 0.5) is 22.7 Å². The van der Waals surface area contributed by atoms with E-state index in [0.717, 1.165) is 0 Å². The zero-order valence-electron chi connectivity index (χ0n) is 11.8. The predicted octanol–water partition coefficient (Wildman–Crippen LogP) is 3.83. The van der Waals surface area contributed by atoms with E-state index < -0.39 is 9.85 Å². The first kappa shape index (κ1) is 15.8. The molecule has 0 heterocycles. The van der Waals surface area contributed by atoms with Crippen molar-refractivity contribution in [3.05, 3.63) is 81.0 Å². The number of nitrogens with one attached hydrogen (secondary N) is 1. The third-order valence-electron chi connectivity index (χ3n) is 2.75. The second-order valence-corrected chi connectivity index (χ2v) is 4.37. The standard InChI is InChI=1S/C15H12N4O4/c20-18(21)14-6-1-4-12(10-14)16-8-3-9-17-13-5-2-7-15(11-13)19(22)23/h1-11,16H. The molecule has 2 rings (SSSR count). The van der Waals surface area contributed by atoms with Gasteiger partial charge in [0.25, 0.3) is 11.4 Å². The molecular formula is C15H12N4O4. The zero-order chi connectivity index (χ0) is 16.7. The Labute approximate surface area is 131 Å². The van der Waals surface area contributed by atoms with E-state index in [9.17, 15) is 20.2 Å². The second-order valence-electron chi connectivity index (χ2n) is 4.37. The smallest absolute Gasteiger partial charge is 0.271 e. The van der Waals surface area contributed by atoms with Crippen LogP contribution in [0.25, 0.3) is 0 Å². The number of anilines is 1. The number of nitrogens with zero attached hydrogens (tertiary/aromatic N) is 3. The van der Waals surface area contributed by atoms with Crippen LogP contribution in [0.2, 0.25) is 0 Å². The van der Waals surface area contributed by atoms with Gasteiger partial charge in [0.1, 0.15) is 0 Å². The molecule has 1 N–H and O–H groups in total. The van der Waals surface area contributed by atoms with Crippen LogP contribution in [-0.2, 0) is 0 Å². The van der Waals surface area contributed by atoms with Gasteiger partial charge in [0.2, 0.25) is 0 Å². The molecule has 0 amide bonds. The molecule has 8 heteroatoms. The highest BCUT2D eigenvalue weighted by Gasteiger charge is 2.04. The van der Waals surface area contributed by atoms with Gasteiger partial charge in [-0.1, -0.05) is 12.1 Å². The number of nitro groups is 2. The van der Waals surface area contributed by atoms with Crippen molar-refractivity contribution >= 4 is 29.0 Å². The second kappa shape index (κ2) is 7.46. The molecule has 0 saturated carbocycles. The van der Waals surface area contributed by atoms with Crippen molar-refractivity contribution in [2.75, 3.05) is 5.32 Å². The van der Waals surface area contributed by atoms with Crippen molar-refractivity contribution in [2.45, 2.75) is 0 Å². The highest BCUT2D eigenvalue weighted by molar-refractivity contribution is 5.75. The van der Waals surface area contributed by atoms with Gasteiger partial charge in [-0.15, -0.1) is 0 Å². The Hall–Kier alpha value is -3.55. The molecule has 0 aromatic heterocycles. The number of benzene rings is 2. The Kier molecular flexibility index (Phi) is 5.13. The van der Waals surface area contributed by atoms with Crippen LogP contribution in [0.3, 0.4) is 0 Å². The van der Waals surface area contributed by atoms with Crippen molar-refractivity contribution in [3.63, 3.8) is 0 Å². The Balaban J connectivity index is 1.96. The molecule has 23 heavy (non-hydrogen) atoms. The van der Waals surface area contributed by atoms with Crippen LogP contribution in [0.1, 0.15) is 0 Å². The number of non-ortho nitro benzene ring substituents is 2. The lowest BCUT2D eigenvalue weighted by Gasteiger charge is -1.99. The summed E-state index contributed by atoms with van der Waals surface area (Å²) in [6.45, 7) is 0. The largest absolute Gasteiger partial charge is 0.361 e. The lowest BCUT2D eigenvalue weighted by Crippen LogP contribution is -1.91. The van der Waals surface area contributed by atoms with Crippen LogP contribution in [0, 0.1) is 20.2 Å². The van der Waals surface area contributed by atoms with Gasteiger partial charge in [0.15, 0.2) is 0 Å². The van der Waals surface area contributed by atoms with Crippen LogP contribution in [0.5, 0.6) is 0 Å². The van der Waals surface area contributed by atoms with E-state index in [4.69, 9.17) is 0 Å². The molecule has 8 nitrogen and oxygen atoms in total. The first-order valence-electron chi connectivity index (χ1n) is 6.51. The number of hydrogen-bond donors (Lipinski definition) is 1. The SMILES string of the molecule is O=[N+]([O-])c1cccc(N=CC=CNc2cccc([N+](=O)[O-])c2)c1. The molecule has 0 atom stereocenters. The van der Waals surface area contributed by atoms with Crippen molar-refractivity contribution in [2.24, 2.45) is 4.99 Å². The predicted molar refractivity (Wildman–Crippen MR) is 87.1 cm³/mol. The van der Waals surface area contributed by atoms with E-state index in [0.29, 0.717) is 11.4 Å². The van der Waals surface area contributed by atoms with Gasteiger partial charge in [-0.2, -0.15) is 0 Å². The maximum absolute atomic E-state index is 10.7. The molecule has 0 spiro atoms. The van der Waals surface area contributed by atoms with E-state index in [-0.39, 0.29) is 11.4 Å². The lowest BCUT2D eigenvalue weighted by atomic mass is 10.3.